The molecular formula is C27H23N3O3S. The van der Waals surface area contributed by atoms with E-state index in [4.69, 9.17) is 4.74 Å². The Labute approximate surface area is 202 Å². The third kappa shape index (κ3) is 4.81. The summed E-state index contributed by atoms with van der Waals surface area (Å²) in [5.41, 5.74) is 3.20. The van der Waals surface area contributed by atoms with Gasteiger partial charge in [-0.2, -0.15) is 4.99 Å². The lowest BCUT2D eigenvalue weighted by Crippen LogP contribution is -2.36. The van der Waals surface area contributed by atoms with Crippen LogP contribution in [0.15, 0.2) is 94.8 Å². The number of para-hydroxylation sites is 1. The molecule has 5 rings (SSSR count). The second-order valence-corrected chi connectivity index (χ2v) is 8.85. The van der Waals surface area contributed by atoms with Crippen LogP contribution in [0.3, 0.4) is 0 Å². The lowest BCUT2D eigenvalue weighted by atomic mass is 10.1. The fourth-order valence-electron chi connectivity index (χ4n) is 3.84. The number of morpholine rings is 1. The summed E-state index contributed by atoms with van der Waals surface area (Å²) in [4.78, 5) is 34.7. The van der Waals surface area contributed by atoms with Crippen LogP contribution < -0.4 is 9.80 Å². The van der Waals surface area contributed by atoms with E-state index in [1.165, 1.54) is 16.7 Å². The van der Waals surface area contributed by atoms with Gasteiger partial charge in [-0.3, -0.25) is 14.5 Å². The fourth-order valence-corrected chi connectivity index (χ4v) is 4.82. The molecule has 6 nitrogen and oxygen atoms in total. The van der Waals surface area contributed by atoms with Crippen LogP contribution in [0.5, 0.6) is 0 Å². The monoisotopic (exact) mass is 469 g/mol. The van der Waals surface area contributed by atoms with Crippen LogP contribution in [-0.2, 0) is 9.53 Å². The van der Waals surface area contributed by atoms with Crippen molar-refractivity contribution in [3.63, 3.8) is 0 Å². The molecule has 3 aromatic rings. The van der Waals surface area contributed by atoms with Crippen LogP contribution in [0, 0.1) is 0 Å². The maximum absolute atomic E-state index is 13.4. The summed E-state index contributed by atoms with van der Waals surface area (Å²) >= 11 is 1.21. The van der Waals surface area contributed by atoms with Crippen LogP contribution in [0.1, 0.15) is 15.9 Å². The van der Waals surface area contributed by atoms with Gasteiger partial charge in [0, 0.05) is 24.3 Å². The molecule has 2 aliphatic heterocycles. The van der Waals surface area contributed by atoms with Crippen LogP contribution in [0.4, 0.5) is 11.4 Å². The average Bonchev–Trinajstić information content (AvgIpc) is 3.20. The first-order valence-electron chi connectivity index (χ1n) is 11.1. The largest absolute Gasteiger partial charge is 0.378 e. The predicted molar refractivity (Wildman–Crippen MR) is 137 cm³/mol. The van der Waals surface area contributed by atoms with Gasteiger partial charge in [-0.15, -0.1) is 0 Å². The molecule has 2 fully saturated rings. The molecule has 0 saturated carbocycles. The highest BCUT2D eigenvalue weighted by molar-refractivity contribution is 8.19. The molecule has 0 aromatic heterocycles. The number of benzene rings is 3. The van der Waals surface area contributed by atoms with Crippen LogP contribution in [0.2, 0.25) is 0 Å². The number of amidine groups is 1. The summed E-state index contributed by atoms with van der Waals surface area (Å²) < 4.78 is 5.43. The van der Waals surface area contributed by atoms with Gasteiger partial charge >= 0.3 is 0 Å². The quantitative estimate of drug-likeness (QED) is 0.512. The normalized spacial score (nSPS) is 18.6. The van der Waals surface area contributed by atoms with Crippen molar-refractivity contribution >= 4 is 46.2 Å². The molecular weight excluding hydrogens is 446 g/mol. The van der Waals surface area contributed by atoms with Gasteiger partial charge in [-0.25, -0.2) is 0 Å². The first-order chi connectivity index (χ1) is 16.7. The Morgan fingerprint density at radius 3 is 2.18 bits per heavy atom. The molecule has 0 bridgehead atoms. The van der Waals surface area contributed by atoms with Gasteiger partial charge in [-0.05, 0) is 59.8 Å². The molecule has 0 atom stereocenters. The number of amides is 2. The SMILES string of the molecule is O=C(N=C1S/C(=C\c2ccc(N3CCOCC3)cc2)C(=O)N1c1ccccc1)c1ccccc1. The second kappa shape index (κ2) is 10.1. The van der Waals surface area contributed by atoms with Crippen molar-refractivity contribution in [3.05, 3.63) is 101 Å². The number of anilines is 2. The van der Waals surface area contributed by atoms with E-state index < -0.39 is 0 Å². The number of carbonyl (C=O) groups excluding carboxylic acids is 2. The Bertz CT molecular complexity index is 1240. The van der Waals surface area contributed by atoms with Gasteiger partial charge in [0.1, 0.15) is 0 Å². The van der Waals surface area contributed by atoms with Crippen molar-refractivity contribution < 1.29 is 14.3 Å². The number of ether oxygens (including phenoxy) is 1. The molecule has 170 valence electrons. The molecule has 2 heterocycles. The highest BCUT2D eigenvalue weighted by Gasteiger charge is 2.35. The molecule has 0 unspecified atom stereocenters. The lowest BCUT2D eigenvalue weighted by molar-refractivity contribution is -0.113. The molecule has 0 N–H and O–H groups in total. The number of aliphatic imine (C=N–C) groups is 1. The van der Waals surface area contributed by atoms with E-state index in [0.717, 1.165) is 37.6 Å². The molecule has 3 aromatic carbocycles. The van der Waals surface area contributed by atoms with E-state index in [1.807, 2.05) is 54.6 Å². The van der Waals surface area contributed by atoms with E-state index in [0.29, 0.717) is 21.3 Å². The third-order valence-corrected chi connectivity index (χ3v) is 6.57. The van der Waals surface area contributed by atoms with E-state index in [-0.39, 0.29) is 11.8 Å². The zero-order valence-corrected chi connectivity index (χ0v) is 19.3. The van der Waals surface area contributed by atoms with Crippen molar-refractivity contribution in [2.75, 3.05) is 36.1 Å². The maximum Gasteiger partial charge on any atom is 0.279 e. The van der Waals surface area contributed by atoms with Crippen LogP contribution in [0.25, 0.3) is 6.08 Å². The molecule has 0 radical (unpaired) electrons. The summed E-state index contributed by atoms with van der Waals surface area (Å²) in [6.07, 6.45) is 1.85. The summed E-state index contributed by atoms with van der Waals surface area (Å²) in [5, 5.41) is 0.348. The highest BCUT2D eigenvalue weighted by atomic mass is 32.2. The first kappa shape index (κ1) is 22.1. The van der Waals surface area contributed by atoms with Gasteiger partial charge in [0.15, 0.2) is 5.17 Å². The molecule has 34 heavy (non-hydrogen) atoms. The zero-order chi connectivity index (χ0) is 23.3. The minimum Gasteiger partial charge on any atom is -0.378 e. The number of rotatable bonds is 4. The van der Waals surface area contributed by atoms with Crippen molar-refractivity contribution in [1.29, 1.82) is 0 Å². The Morgan fingerprint density at radius 1 is 0.853 bits per heavy atom. The van der Waals surface area contributed by atoms with Gasteiger partial charge in [-0.1, -0.05) is 48.5 Å². The maximum atomic E-state index is 13.4. The smallest absolute Gasteiger partial charge is 0.279 e. The highest BCUT2D eigenvalue weighted by Crippen LogP contribution is 2.36. The summed E-state index contributed by atoms with van der Waals surface area (Å²) in [6, 6.07) is 26.3. The Kier molecular flexibility index (Phi) is 6.56. The standard InChI is InChI=1S/C27H23N3O3S/c31-25(21-7-3-1-4-8-21)28-27-30(23-9-5-2-6-10-23)26(32)24(34-27)19-20-11-13-22(14-12-20)29-15-17-33-18-16-29/h1-14,19H,15-18H2/b24-19-,28-27?. The first-order valence-corrected chi connectivity index (χ1v) is 11.9. The number of hydrogen-bond donors (Lipinski definition) is 0. The molecule has 0 aliphatic carbocycles. The van der Waals surface area contributed by atoms with E-state index in [2.05, 4.69) is 22.0 Å². The molecule has 2 amide bonds. The third-order valence-electron chi connectivity index (χ3n) is 5.61. The topological polar surface area (TPSA) is 62.2 Å². The number of hydrogen-bond acceptors (Lipinski definition) is 5. The van der Waals surface area contributed by atoms with E-state index >= 15 is 0 Å². The predicted octanol–water partition coefficient (Wildman–Crippen LogP) is 4.84. The van der Waals surface area contributed by atoms with Crippen molar-refractivity contribution in [3.8, 4) is 0 Å². The van der Waals surface area contributed by atoms with Gasteiger partial charge < -0.3 is 9.64 Å². The van der Waals surface area contributed by atoms with Gasteiger partial charge in [0.05, 0.1) is 23.8 Å². The summed E-state index contributed by atoms with van der Waals surface area (Å²) in [6.45, 7) is 3.21. The lowest BCUT2D eigenvalue weighted by Gasteiger charge is -2.28. The second-order valence-electron chi connectivity index (χ2n) is 7.84. The fraction of sp³-hybridized carbons (Fsp3) is 0.148. The Hall–Kier alpha value is -3.68. The molecule has 2 saturated heterocycles. The summed E-state index contributed by atoms with van der Waals surface area (Å²) in [5.74, 6) is -0.582. The molecule has 7 heteroatoms. The zero-order valence-electron chi connectivity index (χ0n) is 18.5. The van der Waals surface area contributed by atoms with Gasteiger partial charge in [0.2, 0.25) is 0 Å². The van der Waals surface area contributed by atoms with Crippen LogP contribution >= 0.6 is 11.8 Å². The summed E-state index contributed by atoms with van der Waals surface area (Å²) in [7, 11) is 0. The molecule has 0 spiro atoms. The number of thioether (sulfide) groups is 1. The number of nitrogens with zero attached hydrogens (tertiary/aromatic N) is 3. The van der Waals surface area contributed by atoms with Crippen molar-refractivity contribution in [2.45, 2.75) is 0 Å². The average molecular weight is 470 g/mol. The molecule has 2 aliphatic rings. The minimum atomic E-state index is -0.382. The Balaban J connectivity index is 1.44. The van der Waals surface area contributed by atoms with Gasteiger partial charge in [0.25, 0.3) is 11.8 Å². The van der Waals surface area contributed by atoms with E-state index in [9.17, 15) is 9.59 Å². The van der Waals surface area contributed by atoms with Crippen LogP contribution in [-0.4, -0.2) is 43.3 Å². The minimum absolute atomic E-state index is 0.201. The number of carbonyl (C=O) groups is 2. The Morgan fingerprint density at radius 2 is 1.50 bits per heavy atom. The van der Waals surface area contributed by atoms with Crippen molar-refractivity contribution in [2.24, 2.45) is 4.99 Å². The van der Waals surface area contributed by atoms with E-state index in [1.54, 1.807) is 24.3 Å². The van der Waals surface area contributed by atoms with Crippen molar-refractivity contribution in [1.82, 2.24) is 0 Å².